The van der Waals surface area contributed by atoms with Crippen molar-refractivity contribution < 1.29 is 18.0 Å². The van der Waals surface area contributed by atoms with Crippen molar-refractivity contribution in [1.82, 2.24) is 9.88 Å². The molecule has 0 unspecified atom stereocenters. The highest BCUT2D eigenvalue weighted by molar-refractivity contribution is 7.80. The third-order valence-electron chi connectivity index (χ3n) is 2.45. The highest BCUT2D eigenvalue weighted by atomic mass is 32.1. The Kier molecular flexibility index (Phi) is 2.86. The molecule has 1 aliphatic heterocycles. The monoisotopic (exact) mass is 260 g/mol. The summed E-state index contributed by atoms with van der Waals surface area (Å²) in [5, 5.41) is 0. The molecule has 1 aliphatic rings. The van der Waals surface area contributed by atoms with Gasteiger partial charge >= 0.3 is 6.18 Å². The highest BCUT2D eigenvalue weighted by Crippen LogP contribution is 2.32. The number of pyridine rings is 1. The Hall–Kier alpha value is -1.50. The molecule has 0 radical (unpaired) electrons. The van der Waals surface area contributed by atoms with Gasteiger partial charge in [-0.15, -0.1) is 0 Å². The minimum Gasteiger partial charge on any atom is -0.302 e. The molecule has 1 aromatic rings. The predicted octanol–water partition coefficient (Wildman–Crippen LogP) is 2.01. The van der Waals surface area contributed by atoms with Crippen LogP contribution in [0.1, 0.15) is 17.5 Å². The molecule has 0 saturated carbocycles. The number of carbonyl (C=O) groups excluding carboxylic acids is 1. The summed E-state index contributed by atoms with van der Waals surface area (Å²) in [6.07, 6.45) is -2.10. The first-order valence-corrected chi connectivity index (χ1v) is 5.18. The molecule has 2 rings (SSSR count). The van der Waals surface area contributed by atoms with Crippen LogP contribution in [0.2, 0.25) is 0 Å². The molecule has 3 nitrogen and oxygen atoms in total. The molecule has 2 heterocycles. The zero-order valence-corrected chi connectivity index (χ0v) is 9.31. The van der Waals surface area contributed by atoms with Crippen LogP contribution in [0.4, 0.5) is 13.2 Å². The van der Waals surface area contributed by atoms with E-state index in [1.165, 1.54) is 0 Å². The molecule has 0 aliphatic carbocycles. The maximum absolute atomic E-state index is 12.7. The summed E-state index contributed by atoms with van der Waals surface area (Å²) < 4.78 is 38.1. The molecule has 1 saturated heterocycles. The van der Waals surface area contributed by atoms with Gasteiger partial charge < -0.3 is 4.90 Å². The third kappa shape index (κ3) is 2.14. The second kappa shape index (κ2) is 4.06. The van der Waals surface area contributed by atoms with Crippen LogP contribution in [0.3, 0.4) is 0 Å². The van der Waals surface area contributed by atoms with Gasteiger partial charge in [0.15, 0.2) is 0 Å². The number of likely N-dealkylation sites (tertiary alicyclic amines) is 1. The summed E-state index contributed by atoms with van der Waals surface area (Å²) in [6.45, 7) is 0.365. The van der Waals surface area contributed by atoms with Gasteiger partial charge in [0, 0.05) is 30.9 Å². The van der Waals surface area contributed by atoms with Gasteiger partial charge in [0.2, 0.25) is 5.91 Å². The Bertz CT molecular complexity index is 487. The van der Waals surface area contributed by atoms with Crippen LogP contribution < -0.4 is 0 Å². The molecule has 7 heteroatoms. The molecule has 0 aromatic carbocycles. The number of thiocarbonyl (C=S) groups is 1. The summed E-state index contributed by atoms with van der Waals surface area (Å²) in [6, 6.07) is 0.853. The first-order valence-electron chi connectivity index (χ1n) is 4.77. The van der Waals surface area contributed by atoms with Gasteiger partial charge in [0.1, 0.15) is 4.99 Å². The van der Waals surface area contributed by atoms with E-state index in [0.29, 0.717) is 13.0 Å². The summed E-state index contributed by atoms with van der Waals surface area (Å²) in [5.74, 6) is -0.257. The van der Waals surface area contributed by atoms with Crippen LogP contribution in [-0.2, 0) is 11.0 Å². The van der Waals surface area contributed by atoms with Crippen LogP contribution in [0, 0.1) is 0 Å². The van der Waals surface area contributed by atoms with E-state index in [1.54, 1.807) is 0 Å². The van der Waals surface area contributed by atoms with Gasteiger partial charge in [-0.1, -0.05) is 12.2 Å². The number of nitrogens with zero attached hydrogens (tertiary/aromatic N) is 2. The molecular formula is C10H7F3N2OS. The number of rotatable bonds is 1. The number of β-lactam (4-membered cyclic amide) rings is 1. The molecule has 0 atom stereocenters. The molecule has 1 fully saturated rings. The second-order valence-electron chi connectivity index (χ2n) is 3.52. The maximum atomic E-state index is 12.7. The molecule has 1 aromatic heterocycles. The van der Waals surface area contributed by atoms with Crippen molar-refractivity contribution >= 4 is 23.1 Å². The Morgan fingerprint density at radius 1 is 1.47 bits per heavy atom. The molecule has 1 amide bonds. The topological polar surface area (TPSA) is 33.2 Å². The number of aromatic nitrogens is 1. The van der Waals surface area contributed by atoms with E-state index >= 15 is 0 Å². The Morgan fingerprint density at radius 3 is 2.65 bits per heavy atom. The minimum absolute atomic E-state index is 0.110. The van der Waals surface area contributed by atoms with Crippen molar-refractivity contribution in [2.45, 2.75) is 12.6 Å². The summed E-state index contributed by atoms with van der Waals surface area (Å²) >= 11 is 4.89. The van der Waals surface area contributed by atoms with E-state index in [9.17, 15) is 18.0 Å². The fraction of sp³-hybridized carbons (Fsp3) is 0.300. The summed E-state index contributed by atoms with van der Waals surface area (Å²) in [4.78, 5) is 15.8. The molecule has 0 bridgehead atoms. The number of hydrogen-bond acceptors (Lipinski definition) is 3. The molecule has 90 valence electrons. The lowest BCUT2D eigenvalue weighted by atomic mass is 10.1. The fourth-order valence-electron chi connectivity index (χ4n) is 1.49. The van der Waals surface area contributed by atoms with E-state index in [4.69, 9.17) is 12.2 Å². The van der Waals surface area contributed by atoms with E-state index in [-0.39, 0.29) is 16.5 Å². The molecular weight excluding hydrogens is 253 g/mol. The zero-order valence-electron chi connectivity index (χ0n) is 8.49. The van der Waals surface area contributed by atoms with E-state index in [0.717, 1.165) is 23.4 Å². The lowest BCUT2D eigenvalue weighted by molar-refractivity contribution is -0.138. The number of amides is 1. The standard InChI is InChI=1S/C10H7F3N2OS/c11-10(12,13)7-1-3-14-5-6(7)9(17)15-4-2-8(15)16/h1,3,5H,2,4H2. The number of alkyl halides is 3. The first-order chi connectivity index (χ1) is 7.91. The van der Waals surface area contributed by atoms with Crippen LogP contribution in [0.5, 0.6) is 0 Å². The van der Waals surface area contributed by atoms with Gasteiger partial charge in [0.05, 0.1) is 5.56 Å². The fourth-order valence-corrected chi connectivity index (χ4v) is 1.84. The SMILES string of the molecule is O=C1CCN1C(=S)c1cnccc1C(F)(F)F. The van der Waals surface area contributed by atoms with Gasteiger partial charge in [-0.25, -0.2) is 0 Å². The normalized spacial score (nSPS) is 15.7. The average Bonchev–Trinajstić information content (AvgIpc) is 2.26. The first kappa shape index (κ1) is 12.0. The van der Waals surface area contributed by atoms with Gasteiger partial charge in [-0.3, -0.25) is 9.78 Å². The van der Waals surface area contributed by atoms with Gasteiger partial charge in [0.25, 0.3) is 0 Å². The Labute approximate surface area is 100 Å². The molecule has 17 heavy (non-hydrogen) atoms. The van der Waals surface area contributed by atoms with Crippen molar-refractivity contribution in [2.24, 2.45) is 0 Å². The average molecular weight is 260 g/mol. The van der Waals surface area contributed by atoms with Crippen molar-refractivity contribution in [3.05, 3.63) is 29.6 Å². The third-order valence-corrected chi connectivity index (χ3v) is 2.89. The predicted molar refractivity (Wildman–Crippen MR) is 57.3 cm³/mol. The molecule has 0 N–H and O–H groups in total. The van der Waals surface area contributed by atoms with E-state index < -0.39 is 11.7 Å². The second-order valence-corrected chi connectivity index (χ2v) is 3.91. The van der Waals surface area contributed by atoms with Crippen molar-refractivity contribution in [2.75, 3.05) is 6.54 Å². The largest absolute Gasteiger partial charge is 0.417 e. The van der Waals surface area contributed by atoms with Crippen LogP contribution >= 0.6 is 12.2 Å². The smallest absolute Gasteiger partial charge is 0.302 e. The molecule has 0 spiro atoms. The number of hydrogen-bond donors (Lipinski definition) is 0. The minimum atomic E-state index is -4.50. The Morgan fingerprint density at radius 2 is 2.18 bits per heavy atom. The zero-order chi connectivity index (χ0) is 12.6. The van der Waals surface area contributed by atoms with Gasteiger partial charge in [-0.05, 0) is 6.07 Å². The van der Waals surface area contributed by atoms with Crippen LogP contribution in [0.15, 0.2) is 18.5 Å². The number of halogens is 3. The van der Waals surface area contributed by atoms with Crippen molar-refractivity contribution in [3.63, 3.8) is 0 Å². The van der Waals surface area contributed by atoms with Crippen molar-refractivity contribution in [1.29, 1.82) is 0 Å². The lowest BCUT2D eigenvalue weighted by Crippen LogP contribution is -2.47. The highest BCUT2D eigenvalue weighted by Gasteiger charge is 2.37. The van der Waals surface area contributed by atoms with Gasteiger partial charge in [-0.2, -0.15) is 13.2 Å². The van der Waals surface area contributed by atoms with E-state index in [2.05, 4.69) is 4.98 Å². The number of carbonyl (C=O) groups is 1. The summed E-state index contributed by atoms with van der Waals surface area (Å²) in [5.41, 5.74) is -1.08. The maximum Gasteiger partial charge on any atom is 0.417 e. The lowest BCUT2D eigenvalue weighted by Gasteiger charge is -2.31. The van der Waals surface area contributed by atoms with Crippen LogP contribution in [-0.4, -0.2) is 27.3 Å². The summed E-state index contributed by atoms with van der Waals surface area (Å²) in [7, 11) is 0. The van der Waals surface area contributed by atoms with Crippen molar-refractivity contribution in [3.8, 4) is 0 Å². The van der Waals surface area contributed by atoms with Crippen LogP contribution in [0.25, 0.3) is 0 Å². The Balaban J connectivity index is 2.38. The quantitative estimate of drug-likeness (QED) is 0.572. The van der Waals surface area contributed by atoms with E-state index in [1.807, 2.05) is 0 Å².